The van der Waals surface area contributed by atoms with Gasteiger partial charge in [-0.05, 0) is 43.7 Å². The highest BCUT2D eigenvalue weighted by atomic mass is 15.3. The minimum Gasteiger partial charge on any atom is -0.399 e. The molecule has 18 heavy (non-hydrogen) atoms. The molecule has 0 fully saturated rings. The molecule has 0 radical (unpaired) electrons. The molecule has 1 heterocycles. The van der Waals surface area contributed by atoms with Gasteiger partial charge in [0.05, 0.1) is 5.69 Å². The van der Waals surface area contributed by atoms with Crippen molar-refractivity contribution < 1.29 is 0 Å². The Kier molecular flexibility index (Phi) is 3.77. The lowest BCUT2D eigenvalue weighted by atomic mass is 10.2. The van der Waals surface area contributed by atoms with Crippen LogP contribution in [0.5, 0.6) is 0 Å². The highest BCUT2D eigenvalue weighted by Crippen LogP contribution is 2.15. The second kappa shape index (κ2) is 5.49. The predicted molar refractivity (Wildman–Crippen MR) is 74.3 cm³/mol. The summed E-state index contributed by atoms with van der Waals surface area (Å²) in [5.74, 6) is 0.894. The fourth-order valence-corrected chi connectivity index (χ4v) is 1.83. The number of aryl methyl sites for hydroxylation is 1. The molecule has 2 rings (SSSR count). The Labute approximate surface area is 107 Å². The van der Waals surface area contributed by atoms with Crippen LogP contribution in [0.3, 0.4) is 0 Å². The lowest BCUT2D eigenvalue weighted by Crippen LogP contribution is -2.23. The van der Waals surface area contributed by atoms with Crippen molar-refractivity contribution in [2.24, 2.45) is 0 Å². The number of aromatic nitrogens is 2. The monoisotopic (exact) mass is 242 g/mol. The lowest BCUT2D eigenvalue weighted by Gasteiger charge is -2.21. The van der Waals surface area contributed by atoms with Crippen molar-refractivity contribution in [3.05, 3.63) is 47.7 Å². The molecule has 0 unspecified atom stereocenters. The maximum absolute atomic E-state index is 5.79. The summed E-state index contributed by atoms with van der Waals surface area (Å²) in [4.78, 5) is 2.17. The van der Waals surface area contributed by atoms with Gasteiger partial charge in [0.1, 0.15) is 0 Å². The quantitative estimate of drug-likeness (QED) is 0.836. The second-order valence-electron chi connectivity index (χ2n) is 4.29. The number of hydrogen-bond acceptors (Lipinski definition) is 4. The molecule has 2 N–H and O–H groups in total. The summed E-state index contributed by atoms with van der Waals surface area (Å²) in [7, 11) is 0. The molecule has 0 atom stereocenters. The van der Waals surface area contributed by atoms with Gasteiger partial charge < -0.3 is 10.6 Å². The zero-order valence-electron chi connectivity index (χ0n) is 10.8. The van der Waals surface area contributed by atoms with Gasteiger partial charge in [0.2, 0.25) is 0 Å². The molecule has 0 aliphatic rings. The third kappa shape index (κ3) is 2.97. The van der Waals surface area contributed by atoms with Crippen LogP contribution >= 0.6 is 0 Å². The van der Waals surface area contributed by atoms with E-state index in [1.807, 2.05) is 37.3 Å². The van der Waals surface area contributed by atoms with E-state index in [2.05, 4.69) is 28.1 Å². The van der Waals surface area contributed by atoms with E-state index in [4.69, 9.17) is 5.73 Å². The van der Waals surface area contributed by atoms with Crippen LogP contribution in [0.4, 0.5) is 11.5 Å². The maximum atomic E-state index is 5.79. The first kappa shape index (κ1) is 12.4. The molecular formula is C14H18N4. The van der Waals surface area contributed by atoms with Crippen LogP contribution in [0, 0.1) is 6.92 Å². The van der Waals surface area contributed by atoms with Crippen LogP contribution in [-0.4, -0.2) is 16.7 Å². The first-order valence-electron chi connectivity index (χ1n) is 6.08. The standard InChI is InChI=1S/C14H18N4/c1-3-18(14-8-7-11(2)16-17-14)10-12-5-4-6-13(15)9-12/h4-9H,3,10,15H2,1-2H3. The van der Waals surface area contributed by atoms with Crippen LogP contribution in [-0.2, 0) is 6.54 Å². The fourth-order valence-electron chi connectivity index (χ4n) is 1.83. The van der Waals surface area contributed by atoms with Crippen molar-refractivity contribution in [1.29, 1.82) is 0 Å². The molecule has 2 aromatic rings. The third-order valence-electron chi connectivity index (χ3n) is 2.81. The molecular weight excluding hydrogens is 224 g/mol. The van der Waals surface area contributed by atoms with Gasteiger partial charge in [-0.25, -0.2) is 0 Å². The molecule has 1 aromatic heterocycles. The summed E-state index contributed by atoms with van der Waals surface area (Å²) in [5.41, 5.74) is 8.69. The Morgan fingerprint density at radius 2 is 2.00 bits per heavy atom. The van der Waals surface area contributed by atoms with Crippen molar-refractivity contribution >= 4 is 11.5 Å². The molecule has 0 aliphatic carbocycles. The maximum Gasteiger partial charge on any atom is 0.151 e. The Balaban J connectivity index is 2.17. The highest BCUT2D eigenvalue weighted by molar-refractivity contribution is 5.44. The smallest absolute Gasteiger partial charge is 0.151 e. The number of hydrogen-bond donors (Lipinski definition) is 1. The summed E-state index contributed by atoms with van der Waals surface area (Å²) < 4.78 is 0. The number of nitrogens with two attached hydrogens (primary N) is 1. The molecule has 94 valence electrons. The fraction of sp³-hybridized carbons (Fsp3) is 0.286. The Hall–Kier alpha value is -2.10. The third-order valence-corrected chi connectivity index (χ3v) is 2.81. The van der Waals surface area contributed by atoms with Crippen molar-refractivity contribution in [2.45, 2.75) is 20.4 Å². The zero-order chi connectivity index (χ0) is 13.0. The van der Waals surface area contributed by atoms with E-state index >= 15 is 0 Å². The first-order chi connectivity index (χ1) is 8.69. The van der Waals surface area contributed by atoms with Crippen LogP contribution in [0.1, 0.15) is 18.2 Å². The number of anilines is 2. The van der Waals surface area contributed by atoms with Gasteiger partial charge in [-0.3, -0.25) is 0 Å². The van der Waals surface area contributed by atoms with Crippen molar-refractivity contribution in [3.8, 4) is 0 Å². The summed E-state index contributed by atoms with van der Waals surface area (Å²) in [6.07, 6.45) is 0. The summed E-state index contributed by atoms with van der Waals surface area (Å²) >= 11 is 0. The number of rotatable bonds is 4. The first-order valence-corrected chi connectivity index (χ1v) is 6.08. The van der Waals surface area contributed by atoms with Crippen molar-refractivity contribution in [2.75, 3.05) is 17.2 Å². The number of benzene rings is 1. The van der Waals surface area contributed by atoms with Crippen LogP contribution in [0.15, 0.2) is 36.4 Å². The van der Waals surface area contributed by atoms with Gasteiger partial charge in [0, 0.05) is 18.8 Å². The molecule has 0 bridgehead atoms. The van der Waals surface area contributed by atoms with E-state index in [0.29, 0.717) is 0 Å². The number of nitrogen functional groups attached to an aromatic ring is 1. The summed E-state index contributed by atoms with van der Waals surface area (Å²) in [6, 6.07) is 11.9. The molecule has 0 spiro atoms. The Morgan fingerprint density at radius 3 is 2.61 bits per heavy atom. The van der Waals surface area contributed by atoms with E-state index in [9.17, 15) is 0 Å². The molecule has 1 aromatic carbocycles. The van der Waals surface area contributed by atoms with Gasteiger partial charge in [0.25, 0.3) is 0 Å². The molecule has 4 heteroatoms. The van der Waals surface area contributed by atoms with Gasteiger partial charge in [-0.2, -0.15) is 5.10 Å². The summed E-state index contributed by atoms with van der Waals surface area (Å²) in [5, 5.41) is 8.30. The SMILES string of the molecule is CCN(Cc1cccc(N)c1)c1ccc(C)nn1. The predicted octanol–water partition coefficient (Wildman–Crippen LogP) is 2.39. The Morgan fingerprint density at radius 1 is 1.17 bits per heavy atom. The number of nitrogens with zero attached hydrogens (tertiary/aromatic N) is 3. The molecule has 0 aliphatic heterocycles. The van der Waals surface area contributed by atoms with Gasteiger partial charge >= 0.3 is 0 Å². The topological polar surface area (TPSA) is 55.0 Å². The van der Waals surface area contributed by atoms with E-state index in [1.165, 1.54) is 5.56 Å². The van der Waals surface area contributed by atoms with Crippen LogP contribution < -0.4 is 10.6 Å². The van der Waals surface area contributed by atoms with E-state index in [-0.39, 0.29) is 0 Å². The minimum absolute atomic E-state index is 0.790. The average molecular weight is 242 g/mol. The van der Waals surface area contributed by atoms with Gasteiger partial charge in [-0.15, -0.1) is 5.10 Å². The minimum atomic E-state index is 0.790. The summed E-state index contributed by atoms with van der Waals surface area (Å²) in [6.45, 7) is 5.71. The van der Waals surface area contributed by atoms with Crippen molar-refractivity contribution in [1.82, 2.24) is 10.2 Å². The second-order valence-corrected chi connectivity index (χ2v) is 4.29. The van der Waals surface area contributed by atoms with E-state index < -0.39 is 0 Å². The van der Waals surface area contributed by atoms with Gasteiger partial charge in [0.15, 0.2) is 5.82 Å². The highest BCUT2D eigenvalue weighted by Gasteiger charge is 2.07. The molecule has 4 nitrogen and oxygen atoms in total. The zero-order valence-corrected chi connectivity index (χ0v) is 10.8. The Bertz CT molecular complexity index is 507. The average Bonchev–Trinajstić information content (AvgIpc) is 2.37. The van der Waals surface area contributed by atoms with Crippen LogP contribution in [0.2, 0.25) is 0 Å². The molecule has 0 saturated heterocycles. The largest absolute Gasteiger partial charge is 0.399 e. The van der Waals surface area contributed by atoms with Crippen LogP contribution in [0.25, 0.3) is 0 Å². The van der Waals surface area contributed by atoms with Crippen molar-refractivity contribution in [3.63, 3.8) is 0 Å². The van der Waals surface area contributed by atoms with E-state index in [0.717, 1.165) is 30.3 Å². The lowest BCUT2D eigenvalue weighted by molar-refractivity contribution is 0.792. The van der Waals surface area contributed by atoms with E-state index in [1.54, 1.807) is 0 Å². The van der Waals surface area contributed by atoms with Gasteiger partial charge in [-0.1, -0.05) is 12.1 Å². The molecule has 0 amide bonds. The molecule has 0 saturated carbocycles. The normalized spacial score (nSPS) is 10.3.